The van der Waals surface area contributed by atoms with Crippen molar-refractivity contribution < 1.29 is 14.3 Å². The lowest BCUT2D eigenvalue weighted by Crippen LogP contribution is -2.25. The molecule has 1 aromatic heterocycles. The normalized spacial score (nSPS) is 13.4. The first-order chi connectivity index (χ1) is 14.1. The van der Waals surface area contributed by atoms with Crippen LogP contribution in [0.4, 0.5) is 5.82 Å². The molecule has 1 aliphatic heterocycles. The predicted molar refractivity (Wildman–Crippen MR) is 118 cm³/mol. The van der Waals surface area contributed by atoms with E-state index in [1.54, 1.807) is 0 Å². The first-order valence-electron chi connectivity index (χ1n) is 10.1. The highest BCUT2D eigenvalue weighted by atomic mass is 79.9. The molecule has 0 spiro atoms. The van der Waals surface area contributed by atoms with Crippen molar-refractivity contribution in [3.8, 4) is 11.5 Å². The molecule has 1 aliphatic rings. The Bertz CT molecular complexity index is 838. The number of pyridine rings is 1. The molecule has 6 nitrogen and oxygen atoms in total. The maximum atomic E-state index is 12.5. The van der Waals surface area contributed by atoms with Gasteiger partial charge in [0, 0.05) is 30.3 Å². The van der Waals surface area contributed by atoms with Gasteiger partial charge >= 0.3 is 0 Å². The molecule has 1 aromatic carbocycles. The fraction of sp³-hybridized carbons (Fsp3) is 0.455. The Morgan fingerprint density at radius 1 is 1.14 bits per heavy atom. The first-order valence-corrected chi connectivity index (χ1v) is 10.9. The van der Waals surface area contributed by atoms with Crippen molar-refractivity contribution in [2.24, 2.45) is 0 Å². The maximum Gasteiger partial charge on any atom is 0.224 e. The van der Waals surface area contributed by atoms with E-state index in [-0.39, 0.29) is 12.3 Å². The van der Waals surface area contributed by atoms with Crippen molar-refractivity contribution >= 4 is 27.7 Å². The molecular weight excluding hydrogens is 434 g/mol. The van der Waals surface area contributed by atoms with Crippen LogP contribution in [-0.4, -0.2) is 37.2 Å². The van der Waals surface area contributed by atoms with Crippen molar-refractivity contribution in [1.82, 2.24) is 10.3 Å². The molecule has 0 bridgehead atoms. The van der Waals surface area contributed by atoms with E-state index in [1.165, 1.54) is 12.8 Å². The Morgan fingerprint density at radius 3 is 2.52 bits per heavy atom. The van der Waals surface area contributed by atoms with Gasteiger partial charge in [-0.05, 0) is 62.1 Å². The van der Waals surface area contributed by atoms with Crippen LogP contribution in [0.1, 0.15) is 37.8 Å². The van der Waals surface area contributed by atoms with Crippen LogP contribution in [0.3, 0.4) is 0 Å². The highest BCUT2D eigenvalue weighted by Crippen LogP contribution is 2.34. The number of halogens is 1. The van der Waals surface area contributed by atoms with Crippen LogP contribution in [0.25, 0.3) is 0 Å². The van der Waals surface area contributed by atoms with Crippen LogP contribution in [0, 0.1) is 0 Å². The number of hydrogen-bond acceptors (Lipinski definition) is 5. The number of carbonyl (C=O) groups excluding carboxylic acids is 1. The Hall–Kier alpha value is -2.28. The molecule has 0 saturated carbocycles. The minimum absolute atomic E-state index is 0.0446. The first kappa shape index (κ1) is 21.4. The fourth-order valence-electron chi connectivity index (χ4n) is 3.38. The molecule has 29 heavy (non-hydrogen) atoms. The van der Waals surface area contributed by atoms with Crippen LogP contribution in [0.5, 0.6) is 11.5 Å². The van der Waals surface area contributed by atoms with Gasteiger partial charge in [-0.25, -0.2) is 4.98 Å². The summed E-state index contributed by atoms with van der Waals surface area (Å²) in [5.41, 5.74) is 1.91. The van der Waals surface area contributed by atoms with Gasteiger partial charge in [0.1, 0.15) is 5.82 Å². The minimum atomic E-state index is -0.0446. The van der Waals surface area contributed by atoms with E-state index in [2.05, 4.69) is 37.2 Å². The van der Waals surface area contributed by atoms with Crippen LogP contribution >= 0.6 is 15.9 Å². The molecule has 3 rings (SSSR count). The summed E-state index contributed by atoms with van der Waals surface area (Å²) in [6.07, 6.45) is 4.50. The number of aromatic nitrogens is 1. The summed E-state index contributed by atoms with van der Waals surface area (Å²) in [4.78, 5) is 19.3. The summed E-state index contributed by atoms with van der Waals surface area (Å²) in [5.74, 6) is 2.28. The summed E-state index contributed by atoms with van der Waals surface area (Å²) < 4.78 is 12.1. The second-order valence-corrected chi connectivity index (χ2v) is 7.78. The molecule has 156 valence electrons. The Morgan fingerprint density at radius 2 is 1.83 bits per heavy atom. The zero-order valence-electron chi connectivity index (χ0n) is 17.0. The van der Waals surface area contributed by atoms with E-state index < -0.39 is 0 Å². The van der Waals surface area contributed by atoms with Gasteiger partial charge in [0.05, 0.1) is 19.6 Å². The molecule has 0 aliphatic carbocycles. The molecule has 1 saturated heterocycles. The lowest BCUT2D eigenvalue weighted by atomic mass is 10.1. The van der Waals surface area contributed by atoms with Crippen molar-refractivity contribution in [3.63, 3.8) is 0 Å². The van der Waals surface area contributed by atoms with Gasteiger partial charge in [-0.3, -0.25) is 4.79 Å². The zero-order valence-corrected chi connectivity index (χ0v) is 18.6. The molecule has 2 aromatic rings. The van der Waals surface area contributed by atoms with Crippen LogP contribution < -0.4 is 19.7 Å². The average molecular weight is 462 g/mol. The number of amides is 1. The smallest absolute Gasteiger partial charge is 0.224 e. The van der Waals surface area contributed by atoms with Gasteiger partial charge in [0.2, 0.25) is 5.91 Å². The summed E-state index contributed by atoms with van der Waals surface area (Å²) >= 11 is 3.54. The standard InChI is InChI=1S/C22H28BrN3O3/c1-3-28-19-12-17(18(23)14-20(19)29-4-2)13-22(27)25-15-16-7-8-24-21(11-16)26-9-5-6-10-26/h7-8,11-12,14H,3-6,9-10,13,15H2,1-2H3,(H,25,27). The Balaban J connectivity index is 1.62. The van der Waals surface area contributed by atoms with Crippen molar-refractivity contribution in [2.75, 3.05) is 31.2 Å². The largest absolute Gasteiger partial charge is 0.490 e. The third kappa shape index (κ3) is 5.85. The molecule has 7 heteroatoms. The predicted octanol–water partition coefficient (Wildman–Crippen LogP) is 4.10. The average Bonchev–Trinajstić information content (AvgIpc) is 3.25. The van der Waals surface area contributed by atoms with E-state index in [0.29, 0.717) is 31.3 Å². The number of carbonyl (C=O) groups is 1. The third-order valence-corrected chi connectivity index (χ3v) is 5.53. The second-order valence-electron chi connectivity index (χ2n) is 6.93. The van der Waals surface area contributed by atoms with Crippen molar-refractivity contribution in [1.29, 1.82) is 0 Å². The van der Waals surface area contributed by atoms with Crippen LogP contribution in [0.2, 0.25) is 0 Å². The van der Waals surface area contributed by atoms with Crippen LogP contribution in [0.15, 0.2) is 34.9 Å². The molecule has 0 atom stereocenters. The number of rotatable bonds is 9. The van der Waals surface area contributed by atoms with Crippen molar-refractivity contribution in [3.05, 3.63) is 46.1 Å². The van der Waals surface area contributed by atoms with Gasteiger partial charge in [-0.15, -0.1) is 0 Å². The summed E-state index contributed by atoms with van der Waals surface area (Å²) in [6, 6.07) is 7.74. The van der Waals surface area contributed by atoms with Gasteiger partial charge in [0.15, 0.2) is 11.5 Å². The van der Waals surface area contributed by atoms with E-state index in [0.717, 1.165) is 34.5 Å². The summed E-state index contributed by atoms with van der Waals surface area (Å²) in [6.45, 7) is 7.53. The SMILES string of the molecule is CCOc1cc(Br)c(CC(=O)NCc2ccnc(N3CCCC3)c2)cc1OCC. The molecule has 0 unspecified atom stereocenters. The highest BCUT2D eigenvalue weighted by molar-refractivity contribution is 9.10. The topological polar surface area (TPSA) is 63.7 Å². The lowest BCUT2D eigenvalue weighted by molar-refractivity contribution is -0.120. The zero-order chi connectivity index (χ0) is 20.6. The van der Waals surface area contributed by atoms with E-state index in [1.807, 2.05) is 38.2 Å². The molecule has 1 amide bonds. The third-order valence-electron chi connectivity index (χ3n) is 4.79. The number of hydrogen-bond donors (Lipinski definition) is 1. The number of ether oxygens (including phenoxy) is 2. The minimum Gasteiger partial charge on any atom is -0.490 e. The quantitative estimate of drug-likeness (QED) is 0.608. The van der Waals surface area contributed by atoms with Gasteiger partial charge in [-0.1, -0.05) is 15.9 Å². The summed E-state index contributed by atoms with van der Waals surface area (Å²) in [7, 11) is 0. The number of nitrogens with zero attached hydrogens (tertiary/aromatic N) is 2. The molecule has 2 heterocycles. The molecular formula is C22H28BrN3O3. The second kappa shape index (κ2) is 10.5. The van der Waals surface area contributed by atoms with E-state index >= 15 is 0 Å². The molecule has 1 fully saturated rings. The lowest BCUT2D eigenvalue weighted by Gasteiger charge is -2.17. The van der Waals surface area contributed by atoms with Gasteiger partial charge in [0.25, 0.3) is 0 Å². The molecule has 0 radical (unpaired) electrons. The monoisotopic (exact) mass is 461 g/mol. The number of benzene rings is 1. The molecule has 1 N–H and O–H groups in total. The van der Waals surface area contributed by atoms with Gasteiger partial charge in [-0.2, -0.15) is 0 Å². The number of nitrogens with one attached hydrogen (secondary N) is 1. The fourth-order valence-corrected chi connectivity index (χ4v) is 3.84. The maximum absolute atomic E-state index is 12.5. The van der Waals surface area contributed by atoms with E-state index in [4.69, 9.17) is 9.47 Å². The van der Waals surface area contributed by atoms with Crippen molar-refractivity contribution in [2.45, 2.75) is 39.7 Å². The van der Waals surface area contributed by atoms with E-state index in [9.17, 15) is 4.79 Å². The van der Waals surface area contributed by atoms with Crippen LogP contribution in [-0.2, 0) is 17.8 Å². The Kier molecular flexibility index (Phi) is 7.75. The van der Waals surface area contributed by atoms with Gasteiger partial charge < -0.3 is 19.7 Å². The highest BCUT2D eigenvalue weighted by Gasteiger charge is 2.15. The summed E-state index contributed by atoms with van der Waals surface area (Å²) in [5, 5.41) is 3.01. The Labute approximate surface area is 180 Å². The number of anilines is 1.